The van der Waals surface area contributed by atoms with Crippen LogP contribution in [0.4, 0.5) is 0 Å². The van der Waals surface area contributed by atoms with E-state index in [0.29, 0.717) is 5.56 Å². The Balaban J connectivity index is 1.94. The van der Waals surface area contributed by atoms with E-state index >= 15 is 0 Å². The van der Waals surface area contributed by atoms with E-state index in [1.54, 1.807) is 54.6 Å². The highest BCUT2D eigenvalue weighted by Crippen LogP contribution is 2.23. The zero-order valence-corrected chi connectivity index (χ0v) is 13.6. The minimum atomic E-state index is -1.23. The van der Waals surface area contributed by atoms with Crippen molar-refractivity contribution in [3.63, 3.8) is 0 Å². The number of carbonyl (C=O) groups excluding carboxylic acids is 2. The number of hydrogen-bond donors (Lipinski definition) is 1. The van der Waals surface area contributed by atoms with Gasteiger partial charge < -0.3 is 9.84 Å². The third kappa shape index (κ3) is 3.52. The van der Waals surface area contributed by atoms with Gasteiger partial charge in [0.05, 0.1) is 16.7 Å². The SMILES string of the molecule is O=C(c1ccccc1)c1ccccc1OC(=O)c1ccccc1C(=O)O. The summed E-state index contributed by atoms with van der Waals surface area (Å²) >= 11 is 0. The summed E-state index contributed by atoms with van der Waals surface area (Å²) in [5.41, 5.74) is 0.438. The Labute approximate surface area is 149 Å². The summed E-state index contributed by atoms with van der Waals surface area (Å²) in [6.07, 6.45) is 0. The smallest absolute Gasteiger partial charge is 0.344 e. The molecule has 0 unspecified atom stereocenters. The molecule has 0 saturated carbocycles. The molecule has 0 radical (unpaired) electrons. The fraction of sp³-hybridized carbons (Fsp3) is 0. The van der Waals surface area contributed by atoms with Crippen LogP contribution >= 0.6 is 0 Å². The van der Waals surface area contributed by atoms with Crippen LogP contribution in [0.5, 0.6) is 5.75 Å². The number of hydrogen-bond acceptors (Lipinski definition) is 4. The first-order valence-electron chi connectivity index (χ1n) is 7.81. The van der Waals surface area contributed by atoms with Gasteiger partial charge in [-0.1, -0.05) is 54.6 Å². The molecular weight excluding hydrogens is 332 g/mol. The number of esters is 1. The maximum absolute atomic E-state index is 12.7. The molecule has 128 valence electrons. The van der Waals surface area contributed by atoms with Gasteiger partial charge in [-0.3, -0.25) is 4.79 Å². The van der Waals surface area contributed by atoms with E-state index in [-0.39, 0.29) is 28.2 Å². The fourth-order valence-corrected chi connectivity index (χ4v) is 2.49. The van der Waals surface area contributed by atoms with Gasteiger partial charge in [0.25, 0.3) is 0 Å². The van der Waals surface area contributed by atoms with Gasteiger partial charge in [0, 0.05) is 5.56 Å². The summed E-state index contributed by atoms with van der Waals surface area (Å²) in [6, 6.07) is 20.7. The van der Waals surface area contributed by atoms with E-state index in [2.05, 4.69) is 0 Å². The lowest BCUT2D eigenvalue weighted by Crippen LogP contribution is -2.15. The molecule has 3 aromatic carbocycles. The van der Waals surface area contributed by atoms with Crippen molar-refractivity contribution in [1.29, 1.82) is 0 Å². The number of ketones is 1. The zero-order valence-electron chi connectivity index (χ0n) is 13.6. The third-order valence-electron chi connectivity index (χ3n) is 3.75. The number of aromatic carboxylic acids is 1. The average molecular weight is 346 g/mol. The average Bonchev–Trinajstić information content (AvgIpc) is 2.68. The highest BCUT2D eigenvalue weighted by Gasteiger charge is 2.21. The largest absolute Gasteiger partial charge is 0.478 e. The van der Waals surface area contributed by atoms with Crippen molar-refractivity contribution in [2.75, 3.05) is 0 Å². The van der Waals surface area contributed by atoms with E-state index in [0.717, 1.165) is 0 Å². The molecule has 0 aliphatic carbocycles. The molecule has 0 saturated heterocycles. The highest BCUT2D eigenvalue weighted by atomic mass is 16.5. The van der Waals surface area contributed by atoms with Gasteiger partial charge in [-0.2, -0.15) is 0 Å². The molecule has 0 aliphatic rings. The summed E-state index contributed by atoms with van der Waals surface area (Å²) in [4.78, 5) is 36.4. The van der Waals surface area contributed by atoms with Crippen LogP contribution in [0.15, 0.2) is 78.9 Å². The van der Waals surface area contributed by atoms with Crippen molar-refractivity contribution in [2.45, 2.75) is 0 Å². The lowest BCUT2D eigenvalue weighted by atomic mass is 10.0. The molecule has 0 fully saturated rings. The summed E-state index contributed by atoms with van der Waals surface area (Å²) in [7, 11) is 0. The van der Waals surface area contributed by atoms with Crippen LogP contribution in [0, 0.1) is 0 Å². The number of carboxylic acids is 1. The van der Waals surface area contributed by atoms with E-state index in [1.807, 2.05) is 0 Å². The summed E-state index contributed by atoms with van der Waals surface area (Å²) in [5.74, 6) is -2.28. The van der Waals surface area contributed by atoms with Crippen molar-refractivity contribution < 1.29 is 24.2 Å². The van der Waals surface area contributed by atoms with E-state index in [4.69, 9.17) is 4.74 Å². The Morgan fingerprint density at radius 1 is 0.654 bits per heavy atom. The zero-order chi connectivity index (χ0) is 18.5. The molecule has 0 amide bonds. The maximum atomic E-state index is 12.7. The third-order valence-corrected chi connectivity index (χ3v) is 3.75. The Hall–Kier alpha value is -3.73. The quantitative estimate of drug-likeness (QED) is 0.431. The number of ether oxygens (including phenoxy) is 1. The maximum Gasteiger partial charge on any atom is 0.344 e. The van der Waals surface area contributed by atoms with Gasteiger partial charge >= 0.3 is 11.9 Å². The van der Waals surface area contributed by atoms with Gasteiger partial charge in [0.2, 0.25) is 0 Å². The Morgan fingerprint density at radius 3 is 1.85 bits per heavy atom. The van der Waals surface area contributed by atoms with Gasteiger partial charge in [-0.25, -0.2) is 9.59 Å². The summed E-state index contributed by atoms with van der Waals surface area (Å²) in [5, 5.41) is 9.21. The number of rotatable bonds is 5. The van der Waals surface area contributed by atoms with Gasteiger partial charge in [0.1, 0.15) is 5.75 Å². The topological polar surface area (TPSA) is 80.7 Å². The van der Waals surface area contributed by atoms with Crippen LogP contribution in [0.1, 0.15) is 36.6 Å². The van der Waals surface area contributed by atoms with E-state index in [1.165, 1.54) is 24.3 Å². The second kappa shape index (κ2) is 7.44. The standard InChI is InChI=1S/C21H14O5/c22-19(14-8-2-1-3-9-14)17-12-6-7-13-18(17)26-21(25)16-11-5-4-10-15(16)20(23)24/h1-13H,(H,23,24). The first kappa shape index (κ1) is 17.1. The molecule has 1 N–H and O–H groups in total. The van der Waals surface area contributed by atoms with Gasteiger partial charge in [-0.05, 0) is 24.3 Å². The predicted octanol–water partition coefficient (Wildman–Crippen LogP) is 3.84. The van der Waals surface area contributed by atoms with Gasteiger partial charge in [0.15, 0.2) is 5.78 Å². The molecule has 0 aromatic heterocycles. The van der Waals surface area contributed by atoms with Crippen LogP contribution in [0.25, 0.3) is 0 Å². The summed E-state index contributed by atoms with van der Waals surface area (Å²) < 4.78 is 5.34. The number of carboxylic acid groups (broad SMARTS) is 1. The van der Waals surface area contributed by atoms with Crippen LogP contribution in [0.3, 0.4) is 0 Å². The van der Waals surface area contributed by atoms with Crippen LogP contribution < -0.4 is 4.74 Å². The second-order valence-electron chi connectivity index (χ2n) is 5.43. The van der Waals surface area contributed by atoms with Crippen LogP contribution in [0.2, 0.25) is 0 Å². The number of carbonyl (C=O) groups is 3. The molecule has 0 spiro atoms. The van der Waals surface area contributed by atoms with Gasteiger partial charge in [-0.15, -0.1) is 0 Å². The molecule has 0 heterocycles. The molecule has 0 atom stereocenters. The lowest BCUT2D eigenvalue weighted by Gasteiger charge is -2.10. The highest BCUT2D eigenvalue weighted by molar-refractivity contribution is 6.11. The van der Waals surface area contributed by atoms with Crippen molar-refractivity contribution in [3.05, 3.63) is 101 Å². The van der Waals surface area contributed by atoms with Crippen LogP contribution in [-0.2, 0) is 0 Å². The molecule has 0 aliphatic heterocycles. The second-order valence-corrected chi connectivity index (χ2v) is 5.43. The molecule has 0 bridgehead atoms. The van der Waals surface area contributed by atoms with Crippen molar-refractivity contribution in [3.8, 4) is 5.75 Å². The lowest BCUT2D eigenvalue weighted by molar-refractivity contribution is 0.0667. The Kier molecular flexibility index (Phi) is 4.90. The molecular formula is C21H14O5. The molecule has 3 rings (SSSR count). The minimum absolute atomic E-state index is 0.0755. The predicted molar refractivity (Wildman–Crippen MR) is 94.7 cm³/mol. The van der Waals surface area contributed by atoms with Crippen molar-refractivity contribution >= 4 is 17.7 Å². The summed E-state index contributed by atoms with van der Waals surface area (Å²) in [6.45, 7) is 0. The first-order chi connectivity index (χ1) is 12.6. The molecule has 3 aromatic rings. The molecule has 5 nitrogen and oxygen atoms in total. The van der Waals surface area contributed by atoms with Crippen LogP contribution in [-0.4, -0.2) is 22.8 Å². The molecule has 5 heteroatoms. The number of benzene rings is 3. The van der Waals surface area contributed by atoms with E-state index in [9.17, 15) is 19.5 Å². The number of para-hydroxylation sites is 1. The first-order valence-corrected chi connectivity index (χ1v) is 7.81. The molecule has 26 heavy (non-hydrogen) atoms. The van der Waals surface area contributed by atoms with Crippen molar-refractivity contribution in [2.24, 2.45) is 0 Å². The minimum Gasteiger partial charge on any atom is -0.478 e. The normalized spacial score (nSPS) is 10.2. The monoisotopic (exact) mass is 346 g/mol. The van der Waals surface area contributed by atoms with E-state index < -0.39 is 11.9 Å². The fourth-order valence-electron chi connectivity index (χ4n) is 2.49. The Morgan fingerprint density at radius 2 is 1.19 bits per heavy atom. The van der Waals surface area contributed by atoms with Crippen molar-refractivity contribution in [1.82, 2.24) is 0 Å². The Bertz CT molecular complexity index is 976.